The number of hydrogen-bond acceptors (Lipinski definition) is 8. The van der Waals surface area contributed by atoms with Crippen LogP contribution in [0.1, 0.15) is 36.6 Å². The second-order valence-corrected chi connectivity index (χ2v) is 10.3. The lowest BCUT2D eigenvalue weighted by molar-refractivity contribution is -0.139. The van der Waals surface area contributed by atoms with Gasteiger partial charge < -0.3 is 18.9 Å². The molecule has 0 fully saturated rings. The monoisotopic (exact) mass is 570 g/mol. The fourth-order valence-electron chi connectivity index (χ4n) is 4.69. The molecule has 4 aromatic rings. The minimum absolute atomic E-state index is 0.188. The van der Waals surface area contributed by atoms with Crippen molar-refractivity contribution in [1.82, 2.24) is 4.57 Å². The van der Waals surface area contributed by atoms with Gasteiger partial charge >= 0.3 is 5.97 Å². The molecule has 9 heteroatoms. The first-order valence-corrected chi connectivity index (χ1v) is 13.9. The molecule has 0 saturated carbocycles. The zero-order chi connectivity index (χ0) is 28.9. The molecule has 0 amide bonds. The summed E-state index contributed by atoms with van der Waals surface area (Å²) in [7, 11) is 3.10. The molecular formula is C32H30N2O6S. The quantitative estimate of drug-likeness (QED) is 0.277. The van der Waals surface area contributed by atoms with Gasteiger partial charge in [-0.25, -0.2) is 9.79 Å². The van der Waals surface area contributed by atoms with E-state index < -0.39 is 12.0 Å². The van der Waals surface area contributed by atoms with Crippen LogP contribution in [0.3, 0.4) is 0 Å². The zero-order valence-corrected chi connectivity index (χ0v) is 24.1. The maximum absolute atomic E-state index is 13.9. The largest absolute Gasteiger partial charge is 0.497 e. The van der Waals surface area contributed by atoms with Crippen molar-refractivity contribution in [2.75, 3.05) is 20.8 Å². The highest BCUT2D eigenvalue weighted by Crippen LogP contribution is 2.37. The molecule has 0 N–H and O–H groups in total. The van der Waals surface area contributed by atoms with E-state index >= 15 is 0 Å². The summed E-state index contributed by atoms with van der Waals surface area (Å²) in [5.41, 5.74) is 2.99. The molecular weight excluding hydrogens is 540 g/mol. The highest BCUT2D eigenvalue weighted by Gasteiger charge is 2.35. The Labute approximate surface area is 241 Å². The van der Waals surface area contributed by atoms with Crippen molar-refractivity contribution in [3.05, 3.63) is 120 Å². The van der Waals surface area contributed by atoms with E-state index in [1.165, 1.54) is 15.9 Å². The Balaban J connectivity index is 1.56. The molecule has 3 aromatic carbocycles. The Kier molecular flexibility index (Phi) is 8.35. The van der Waals surface area contributed by atoms with Crippen LogP contribution in [0.25, 0.3) is 6.08 Å². The fraction of sp³-hybridized carbons (Fsp3) is 0.219. The number of carbonyl (C=O) groups is 1. The van der Waals surface area contributed by atoms with Crippen molar-refractivity contribution in [1.29, 1.82) is 0 Å². The Morgan fingerprint density at radius 3 is 2.41 bits per heavy atom. The number of fused-ring (bicyclic) bond motifs is 1. The number of nitrogens with zero attached hydrogens (tertiary/aromatic N) is 2. The van der Waals surface area contributed by atoms with Crippen molar-refractivity contribution in [3.63, 3.8) is 0 Å². The molecule has 0 radical (unpaired) electrons. The standard InChI is InChI=1S/C32H30N2O6S/c1-5-39-31(36)28-20(2)33-32-34(29(28)25-18-24(37-3)15-16-26(25)38-4)30(35)27(41-32)17-21-11-13-23(14-12-21)40-19-22-9-7-6-8-10-22/h6-18,29H,5,19H2,1-4H3/b27-17+/t29-/m0/s1. The molecule has 1 atom stereocenters. The Hall–Kier alpha value is -4.63. The van der Waals surface area contributed by atoms with Crippen LogP contribution in [0.5, 0.6) is 17.2 Å². The van der Waals surface area contributed by atoms with Gasteiger partial charge in [0.1, 0.15) is 29.9 Å². The van der Waals surface area contributed by atoms with E-state index in [4.69, 9.17) is 18.9 Å². The van der Waals surface area contributed by atoms with E-state index in [1.807, 2.05) is 60.7 Å². The minimum atomic E-state index is -0.814. The Bertz CT molecular complexity index is 1770. The van der Waals surface area contributed by atoms with Gasteiger partial charge in [0.25, 0.3) is 5.56 Å². The van der Waals surface area contributed by atoms with Gasteiger partial charge in [-0.1, -0.05) is 53.8 Å². The van der Waals surface area contributed by atoms with Crippen LogP contribution in [-0.4, -0.2) is 31.4 Å². The minimum Gasteiger partial charge on any atom is -0.497 e. The van der Waals surface area contributed by atoms with Gasteiger partial charge in [-0.05, 0) is 61.4 Å². The smallest absolute Gasteiger partial charge is 0.338 e. The average Bonchev–Trinajstić information content (AvgIpc) is 3.30. The van der Waals surface area contributed by atoms with Gasteiger partial charge in [0.2, 0.25) is 0 Å². The van der Waals surface area contributed by atoms with Crippen LogP contribution in [0.2, 0.25) is 0 Å². The highest BCUT2D eigenvalue weighted by molar-refractivity contribution is 7.07. The summed E-state index contributed by atoms with van der Waals surface area (Å²) in [6.45, 7) is 4.14. The van der Waals surface area contributed by atoms with Gasteiger partial charge in [0.15, 0.2) is 4.80 Å². The molecule has 2 heterocycles. The van der Waals surface area contributed by atoms with E-state index in [0.29, 0.717) is 38.7 Å². The molecule has 0 spiro atoms. The van der Waals surface area contributed by atoms with Crippen LogP contribution < -0.4 is 29.1 Å². The van der Waals surface area contributed by atoms with E-state index in [-0.39, 0.29) is 17.7 Å². The fourth-order valence-corrected chi connectivity index (χ4v) is 5.74. The van der Waals surface area contributed by atoms with Crippen LogP contribution in [0, 0.1) is 0 Å². The molecule has 41 heavy (non-hydrogen) atoms. The number of benzene rings is 3. The van der Waals surface area contributed by atoms with Gasteiger partial charge in [-0.2, -0.15) is 0 Å². The van der Waals surface area contributed by atoms with Gasteiger partial charge in [0, 0.05) is 5.56 Å². The summed E-state index contributed by atoms with van der Waals surface area (Å²) < 4.78 is 24.4. The van der Waals surface area contributed by atoms with Crippen LogP contribution >= 0.6 is 11.3 Å². The SMILES string of the molecule is CCOC(=O)C1=C(C)N=c2s/c(=C/c3ccc(OCc4ccccc4)cc3)c(=O)n2[C@H]1c1cc(OC)ccc1OC. The third-order valence-electron chi connectivity index (χ3n) is 6.67. The Morgan fingerprint density at radius 1 is 1.00 bits per heavy atom. The molecule has 210 valence electrons. The van der Waals surface area contributed by atoms with E-state index in [9.17, 15) is 9.59 Å². The normalized spacial score (nSPS) is 14.7. The molecule has 0 aliphatic carbocycles. The molecule has 5 rings (SSSR count). The van der Waals surface area contributed by atoms with Crippen LogP contribution in [0.4, 0.5) is 0 Å². The van der Waals surface area contributed by atoms with Gasteiger partial charge in [0.05, 0.1) is 36.6 Å². The second kappa shape index (κ2) is 12.3. The first-order chi connectivity index (χ1) is 19.9. The number of rotatable bonds is 9. The number of hydrogen-bond donors (Lipinski definition) is 0. The van der Waals surface area contributed by atoms with Crippen molar-refractivity contribution in [2.24, 2.45) is 4.99 Å². The van der Waals surface area contributed by atoms with Crippen molar-refractivity contribution < 1.29 is 23.7 Å². The highest BCUT2D eigenvalue weighted by atomic mass is 32.1. The lowest BCUT2D eigenvalue weighted by Gasteiger charge is -2.26. The van der Waals surface area contributed by atoms with Gasteiger partial charge in [-0.3, -0.25) is 9.36 Å². The molecule has 0 bridgehead atoms. The number of thiazole rings is 1. The number of carbonyl (C=O) groups excluding carboxylic acids is 1. The van der Waals surface area contributed by atoms with Crippen molar-refractivity contribution in [2.45, 2.75) is 26.5 Å². The lowest BCUT2D eigenvalue weighted by Crippen LogP contribution is -2.40. The predicted molar refractivity (Wildman–Crippen MR) is 157 cm³/mol. The van der Waals surface area contributed by atoms with Crippen LogP contribution in [-0.2, 0) is 16.1 Å². The third kappa shape index (κ3) is 5.81. The first-order valence-electron chi connectivity index (χ1n) is 13.1. The molecule has 0 saturated heterocycles. The second-order valence-electron chi connectivity index (χ2n) is 9.25. The van der Waals surface area contributed by atoms with Gasteiger partial charge in [-0.15, -0.1) is 0 Å². The van der Waals surface area contributed by atoms with Crippen molar-refractivity contribution >= 4 is 23.4 Å². The third-order valence-corrected chi connectivity index (χ3v) is 7.66. The molecule has 8 nitrogen and oxygen atoms in total. The summed E-state index contributed by atoms with van der Waals surface area (Å²) in [5, 5.41) is 0. The zero-order valence-electron chi connectivity index (χ0n) is 23.2. The number of methoxy groups -OCH3 is 2. The lowest BCUT2D eigenvalue weighted by atomic mass is 9.94. The number of aromatic nitrogens is 1. The van der Waals surface area contributed by atoms with E-state index in [1.54, 1.807) is 46.3 Å². The maximum Gasteiger partial charge on any atom is 0.338 e. The summed E-state index contributed by atoms with van der Waals surface area (Å²) >= 11 is 1.26. The summed E-state index contributed by atoms with van der Waals surface area (Å²) in [6.07, 6.45) is 1.81. The number of esters is 1. The predicted octanol–water partition coefficient (Wildman–Crippen LogP) is 4.39. The summed E-state index contributed by atoms with van der Waals surface area (Å²) in [5.74, 6) is 1.26. The van der Waals surface area contributed by atoms with E-state index in [2.05, 4.69) is 4.99 Å². The maximum atomic E-state index is 13.9. The van der Waals surface area contributed by atoms with Crippen molar-refractivity contribution in [3.8, 4) is 17.2 Å². The Morgan fingerprint density at radius 2 is 1.73 bits per heavy atom. The molecule has 1 aliphatic heterocycles. The average molecular weight is 571 g/mol. The topological polar surface area (TPSA) is 88.4 Å². The van der Waals surface area contributed by atoms with Crippen LogP contribution in [0.15, 0.2) is 93.9 Å². The number of ether oxygens (including phenoxy) is 4. The summed E-state index contributed by atoms with van der Waals surface area (Å²) in [6, 6.07) is 22.0. The molecule has 1 aromatic heterocycles. The molecule has 1 aliphatic rings. The van der Waals surface area contributed by atoms with E-state index in [0.717, 1.165) is 16.9 Å². The number of allylic oxidation sites excluding steroid dienone is 1. The summed E-state index contributed by atoms with van der Waals surface area (Å²) in [4.78, 5) is 32.2. The molecule has 0 unspecified atom stereocenters. The first kappa shape index (κ1) is 27.9.